The third kappa shape index (κ3) is 2.51. The van der Waals surface area contributed by atoms with E-state index in [1.807, 2.05) is 28.9 Å². The predicted molar refractivity (Wildman–Crippen MR) is 95.1 cm³/mol. The van der Waals surface area contributed by atoms with Crippen molar-refractivity contribution in [1.29, 1.82) is 0 Å². The summed E-state index contributed by atoms with van der Waals surface area (Å²) in [6.07, 6.45) is 2.45. The molecule has 1 amide bonds. The molecule has 0 spiro atoms. The maximum Gasteiger partial charge on any atom is 0.272 e. The molecular weight excluding hydrogens is 300 g/mol. The van der Waals surface area contributed by atoms with Gasteiger partial charge in [0.15, 0.2) is 5.69 Å². The van der Waals surface area contributed by atoms with E-state index >= 15 is 0 Å². The van der Waals surface area contributed by atoms with E-state index in [0.29, 0.717) is 23.6 Å². The highest BCUT2D eigenvalue weighted by Gasteiger charge is 2.42. The largest absolute Gasteiger partial charge is 0.347 e. The first-order valence-corrected chi connectivity index (χ1v) is 9.01. The Bertz CT molecular complexity index is 752. The van der Waals surface area contributed by atoms with Gasteiger partial charge in [-0.25, -0.2) is 0 Å². The SMILES string of the molecule is CC(C)n1nc(C(=O)NC2C3CCC2CN(C)C3)c2ccccc21. The average molecular weight is 326 g/mol. The Hall–Kier alpha value is -1.88. The molecule has 2 unspecified atom stereocenters. The lowest BCUT2D eigenvalue weighted by Crippen LogP contribution is -2.51. The van der Waals surface area contributed by atoms with E-state index in [9.17, 15) is 4.79 Å². The van der Waals surface area contributed by atoms with Crippen molar-refractivity contribution >= 4 is 16.8 Å². The first kappa shape index (κ1) is 15.6. The number of carbonyl (C=O) groups is 1. The number of likely N-dealkylation sites (tertiary alicyclic amines) is 1. The molecule has 1 N–H and O–H groups in total. The number of benzene rings is 1. The molecule has 2 aromatic rings. The lowest BCUT2D eigenvalue weighted by molar-refractivity contribution is 0.0857. The highest BCUT2D eigenvalue weighted by molar-refractivity contribution is 6.05. The Morgan fingerprint density at radius 3 is 2.54 bits per heavy atom. The molecule has 128 valence electrons. The standard InChI is InChI=1S/C19H26N4O/c1-12(2)23-16-7-5-4-6-15(16)18(21-23)19(24)20-17-13-8-9-14(17)11-22(3)10-13/h4-7,12-14,17H,8-11H2,1-3H3,(H,20,24). The van der Waals surface area contributed by atoms with E-state index in [4.69, 9.17) is 0 Å². The van der Waals surface area contributed by atoms with Gasteiger partial charge in [-0.15, -0.1) is 0 Å². The highest BCUT2D eigenvalue weighted by Crippen LogP contribution is 2.36. The highest BCUT2D eigenvalue weighted by atomic mass is 16.2. The van der Waals surface area contributed by atoms with Crippen molar-refractivity contribution in [2.24, 2.45) is 11.8 Å². The summed E-state index contributed by atoms with van der Waals surface area (Å²) in [5, 5.41) is 8.90. The zero-order chi connectivity index (χ0) is 16.8. The molecule has 0 radical (unpaired) electrons. The third-order valence-corrected chi connectivity index (χ3v) is 5.63. The number of fused-ring (bicyclic) bond motifs is 3. The lowest BCUT2D eigenvalue weighted by atomic mass is 9.92. The fraction of sp³-hybridized carbons (Fsp3) is 0.579. The zero-order valence-corrected chi connectivity index (χ0v) is 14.7. The Labute approximate surface area is 143 Å². The molecule has 1 aliphatic carbocycles. The van der Waals surface area contributed by atoms with Crippen molar-refractivity contribution in [3.8, 4) is 0 Å². The molecule has 1 saturated carbocycles. The van der Waals surface area contributed by atoms with Crippen molar-refractivity contribution in [2.45, 2.75) is 38.8 Å². The van der Waals surface area contributed by atoms with E-state index in [0.717, 1.165) is 24.0 Å². The van der Waals surface area contributed by atoms with Gasteiger partial charge in [0.05, 0.1) is 5.52 Å². The number of nitrogens with zero attached hydrogens (tertiary/aromatic N) is 3. The van der Waals surface area contributed by atoms with Gasteiger partial charge in [0, 0.05) is 30.6 Å². The molecule has 24 heavy (non-hydrogen) atoms. The number of hydrogen-bond donors (Lipinski definition) is 1. The number of carbonyl (C=O) groups excluding carboxylic acids is 1. The van der Waals surface area contributed by atoms with Crippen LogP contribution in [0.3, 0.4) is 0 Å². The number of aromatic nitrogens is 2. The molecule has 2 heterocycles. The minimum absolute atomic E-state index is 0.0166. The summed E-state index contributed by atoms with van der Waals surface area (Å²) < 4.78 is 1.95. The Kier molecular flexibility index (Phi) is 3.83. The molecule has 2 aliphatic rings. The van der Waals surface area contributed by atoms with Gasteiger partial charge in [-0.05, 0) is 51.6 Å². The Balaban J connectivity index is 1.63. The summed E-state index contributed by atoms with van der Waals surface area (Å²) in [5.74, 6) is 1.14. The van der Waals surface area contributed by atoms with E-state index < -0.39 is 0 Å². The van der Waals surface area contributed by atoms with Crippen molar-refractivity contribution in [1.82, 2.24) is 20.0 Å². The number of amides is 1. The van der Waals surface area contributed by atoms with Crippen LogP contribution in [0.2, 0.25) is 0 Å². The van der Waals surface area contributed by atoms with Crippen molar-refractivity contribution in [2.75, 3.05) is 20.1 Å². The van der Waals surface area contributed by atoms with Gasteiger partial charge in [0.25, 0.3) is 5.91 Å². The summed E-state index contributed by atoms with van der Waals surface area (Å²) in [6, 6.07) is 8.55. The smallest absolute Gasteiger partial charge is 0.272 e. The van der Waals surface area contributed by atoms with Crippen LogP contribution >= 0.6 is 0 Å². The van der Waals surface area contributed by atoms with Crippen molar-refractivity contribution < 1.29 is 4.79 Å². The van der Waals surface area contributed by atoms with Crippen molar-refractivity contribution in [3.63, 3.8) is 0 Å². The maximum absolute atomic E-state index is 13.0. The van der Waals surface area contributed by atoms with Crippen LogP contribution in [0.25, 0.3) is 10.9 Å². The van der Waals surface area contributed by atoms with Crippen LogP contribution in [0.5, 0.6) is 0 Å². The van der Waals surface area contributed by atoms with Gasteiger partial charge >= 0.3 is 0 Å². The van der Waals surface area contributed by atoms with Crippen LogP contribution in [-0.4, -0.2) is 46.8 Å². The normalized spacial score (nSPS) is 27.1. The Morgan fingerprint density at radius 1 is 1.21 bits per heavy atom. The van der Waals surface area contributed by atoms with E-state index in [-0.39, 0.29) is 11.9 Å². The quantitative estimate of drug-likeness (QED) is 0.943. The molecule has 2 bridgehead atoms. The molecule has 4 rings (SSSR count). The minimum atomic E-state index is -0.0166. The van der Waals surface area contributed by atoms with Crippen LogP contribution in [0.4, 0.5) is 0 Å². The first-order valence-electron chi connectivity index (χ1n) is 9.01. The summed E-state index contributed by atoms with van der Waals surface area (Å²) in [5.41, 5.74) is 1.60. The number of piperidine rings is 1. The molecule has 5 nitrogen and oxygen atoms in total. The first-order chi connectivity index (χ1) is 11.5. The zero-order valence-electron chi connectivity index (χ0n) is 14.7. The summed E-state index contributed by atoms with van der Waals surface area (Å²) >= 11 is 0. The van der Waals surface area contributed by atoms with Crippen LogP contribution in [0.15, 0.2) is 24.3 Å². The van der Waals surface area contributed by atoms with Crippen LogP contribution in [0, 0.1) is 11.8 Å². The van der Waals surface area contributed by atoms with Crippen LogP contribution in [0.1, 0.15) is 43.2 Å². The lowest BCUT2D eigenvalue weighted by Gasteiger charge is -2.36. The fourth-order valence-corrected chi connectivity index (χ4v) is 4.56. The molecule has 2 fully saturated rings. The summed E-state index contributed by atoms with van der Waals surface area (Å²) in [4.78, 5) is 15.4. The van der Waals surface area contributed by atoms with Gasteiger partial charge in [-0.1, -0.05) is 18.2 Å². The number of rotatable bonds is 3. The van der Waals surface area contributed by atoms with E-state index in [1.165, 1.54) is 12.8 Å². The van der Waals surface area contributed by atoms with Gasteiger partial charge < -0.3 is 10.2 Å². The molecule has 1 aliphatic heterocycles. The van der Waals surface area contributed by atoms with Crippen LogP contribution in [-0.2, 0) is 0 Å². The van der Waals surface area contributed by atoms with Gasteiger partial charge in [0.2, 0.25) is 0 Å². The molecule has 5 heteroatoms. The van der Waals surface area contributed by atoms with Gasteiger partial charge in [-0.2, -0.15) is 5.10 Å². The van der Waals surface area contributed by atoms with Crippen molar-refractivity contribution in [3.05, 3.63) is 30.0 Å². The molecule has 1 aromatic carbocycles. The number of hydrogen-bond acceptors (Lipinski definition) is 3. The number of para-hydroxylation sites is 1. The maximum atomic E-state index is 13.0. The van der Waals surface area contributed by atoms with Gasteiger partial charge in [0.1, 0.15) is 0 Å². The van der Waals surface area contributed by atoms with Gasteiger partial charge in [-0.3, -0.25) is 9.48 Å². The molecule has 1 saturated heterocycles. The topological polar surface area (TPSA) is 50.2 Å². The predicted octanol–water partition coefficient (Wildman–Crippen LogP) is 2.69. The minimum Gasteiger partial charge on any atom is -0.347 e. The summed E-state index contributed by atoms with van der Waals surface area (Å²) in [7, 11) is 2.18. The number of nitrogens with one attached hydrogen (secondary N) is 1. The monoisotopic (exact) mass is 326 g/mol. The molecule has 2 atom stereocenters. The van der Waals surface area contributed by atoms with E-state index in [1.54, 1.807) is 0 Å². The van der Waals surface area contributed by atoms with E-state index in [2.05, 4.69) is 36.2 Å². The third-order valence-electron chi connectivity index (χ3n) is 5.63. The molecular formula is C19H26N4O. The fourth-order valence-electron chi connectivity index (χ4n) is 4.56. The van der Waals surface area contributed by atoms with Crippen LogP contribution < -0.4 is 5.32 Å². The second kappa shape index (κ2) is 5.88. The average Bonchev–Trinajstić information content (AvgIpc) is 3.04. The summed E-state index contributed by atoms with van der Waals surface area (Å²) in [6.45, 7) is 6.36. The Morgan fingerprint density at radius 2 is 1.88 bits per heavy atom. The molecule has 1 aromatic heterocycles. The second-order valence-electron chi connectivity index (χ2n) is 7.72. The second-order valence-corrected chi connectivity index (χ2v) is 7.72.